The summed E-state index contributed by atoms with van der Waals surface area (Å²) in [5.74, 6) is 1.60. The number of carbonyl (C=O) groups excluding carboxylic acids is 2. The molecule has 0 radical (unpaired) electrons. The highest BCUT2D eigenvalue weighted by Crippen LogP contribution is 2.60. The van der Waals surface area contributed by atoms with Gasteiger partial charge in [0.2, 0.25) is 0 Å². The first kappa shape index (κ1) is 30.3. The van der Waals surface area contributed by atoms with Gasteiger partial charge in [0, 0.05) is 18.9 Å². The number of ether oxygens (including phenoxy) is 2. The Morgan fingerprint density at radius 1 is 0.943 bits per heavy atom. The van der Waals surface area contributed by atoms with E-state index in [1.807, 2.05) is 13.8 Å². The fourth-order valence-electron chi connectivity index (χ4n) is 6.66. The zero-order chi connectivity index (χ0) is 26.3. The van der Waals surface area contributed by atoms with E-state index in [2.05, 4.69) is 40.8 Å². The molecule has 2 fully saturated rings. The summed E-state index contributed by atoms with van der Waals surface area (Å²) in [6.07, 6.45) is 11.3. The van der Waals surface area contributed by atoms with Crippen LogP contribution < -0.4 is 0 Å². The molecule has 0 aromatic rings. The quantitative estimate of drug-likeness (QED) is 0.188. The van der Waals surface area contributed by atoms with Crippen LogP contribution in [0.5, 0.6) is 0 Å². The lowest BCUT2D eigenvalue weighted by Gasteiger charge is -2.50. The fourth-order valence-corrected chi connectivity index (χ4v) is 8.05. The van der Waals surface area contributed by atoms with Gasteiger partial charge in [-0.15, -0.1) is 0 Å². The number of hydrogen-bond donors (Lipinski definition) is 0. The summed E-state index contributed by atoms with van der Waals surface area (Å²) in [6.45, 7) is 18.9. The number of fused-ring (bicyclic) bond motifs is 1. The van der Waals surface area contributed by atoms with Gasteiger partial charge < -0.3 is 13.9 Å². The molecule has 4 atom stereocenters. The van der Waals surface area contributed by atoms with Crippen LogP contribution in [0.4, 0.5) is 0 Å². The molecule has 2 aliphatic rings. The lowest BCUT2D eigenvalue weighted by Crippen LogP contribution is -2.50. The first-order valence-corrected chi connectivity index (χ1v) is 17.3. The molecule has 5 nitrogen and oxygen atoms in total. The van der Waals surface area contributed by atoms with Gasteiger partial charge in [-0.05, 0) is 107 Å². The van der Waals surface area contributed by atoms with E-state index < -0.39 is 8.32 Å². The van der Waals surface area contributed by atoms with Crippen molar-refractivity contribution in [1.82, 2.24) is 0 Å². The second kappa shape index (κ2) is 13.1. The van der Waals surface area contributed by atoms with Crippen molar-refractivity contribution in [1.29, 1.82) is 0 Å². The molecule has 0 N–H and O–H groups in total. The highest BCUT2D eigenvalue weighted by atomic mass is 28.4. The predicted octanol–water partition coefficient (Wildman–Crippen LogP) is 7.68. The molecule has 0 amide bonds. The average molecular weight is 511 g/mol. The molecule has 2 rings (SSSR count). The van der Waals surface area contributed by atoms with Crippen molar-refractivity contribution < 1.29 is 23.5 Å². The minimum Gasteiger partial charge on any atom is -0.466 e. The molecule has 2 aliphatic carbocycles. The van der Waals surface area contributed by atoms with E-state index in [1.54, 1.807) is 0 Å². The van der Waals surface area contributed by atoms with Gasteiger partial charge in [0.1, 0.15) is 0 Å². The van der Waals surface area contributed by atoms with E-state index in [-0.39, 0.29) is 22.4 Å². The van der Waals surface area contributed by atoms with Crippen molar-refractivity contribution >= 4 is 20.3 Å². The van der Waals surface area contributed by atoms with E-state index in [9.17, 15) is 9.59 Å². The Bertz CT molecular complexity index is 661. The Hall–Kier alpha value is -0.883. The van der Waals surface area contributed by atoms with E-state index in [0.29, 0.717) is 49.9 Å². The van der Waals surface area contributed by atoms with Crippen LogP contribution in [-0.4, -0.2) is 39.6 Å². The molecule has 204 valence electrons. The molecule has 2 saturated carbocycles. The summed E-state index contributed by atoms with van der Waals surface area (Å²) in [5, 5.41) is 0.224. The van der Waals surface area contributed by atoms with Crippen LogP contribution in [0.2, 0.25) is 18.1 Å². The minimum atomic E-state index is -1.82. The van der Waals surface area contributed by atoms with Gasteiger partial charge in [-0.25, -0.2) is 0 Å². The zero-order valence-corrected chi connectivity index (χ0v) is 25.0. The Morgan fingerprint density at radius 2 is 1.49 bits per heavy atom. The predicted molar refractivity (Wildman–Crippen MR) is 145 cm³/mol. The smallest absolute Gasteiger partial charge is 0.305 e. The molecule has 0 saturated heterocycles. The Balaban J connectivity index is 2.12. The van der Waals surface area contributed by atoms with E-state index in [1.165, 1.54) is 32.1 Å². The highest BCUT2D eigenvalue weighted by Gasteiger charge is 2.54. The number of esters is 2. The monoisotopic (exact) mass is 510 g/mol. The van der Waals surface area contributed by atoms with Crippen LogP contribution in [0.1, 0.15) is 112 Å². The maximum Gasteiger partial charge on any atom is 0.305 e. The fraction of sp³-hybridized carbons (Fsp3) is 0.931. The second-order valence-electron chi connectivity index (χ2n) is 12.8. The van der Waals surface area contributed by atoms with E-state index in [0.717, 1.165) is 25.7 Å². The Kier molecular flexibility index (Phi) is 11.3. The standard InChI is InChI=1S/C29H54O5Si/c1-9-32-26(30)17-11-14-22(15-12-18-27(31)33-10-2)23-19-20-24-25(16-13-21-29(23,24)6)34-35(7,8)28(3,4)5/h22-25H,9-21H2,1-8H3/t23-,24+,25+,29-/m1/s1. The van der Waals surface area contributed by atoms with Crippen LogP contribution in [0.15, 0.2) is 0 Å². The SMILES string of the molecule is CCOC(=O)CCCC(CCCC(=O)OCC)[C@H]1CC[C@H]2[C@@H](O[Si](C)(C)C(C)(C)C)CCC[C@]12C. The summed E-state index contributed by atoms with van der Waals surface area (Å²) in [6, 6.07) is 0. The summed E-state index contributed by atoms with van der Waals surface area (Å²) in [4.78, 5) is 23.9. The molecular weight excluding hydrogens is 456 g/mol. The summed E-state index contributed by atoms with van der Waals surface area (Å²) in [7, 11) is -1.82. The largest absolute Gasteiger partial charge is 0.466 e. The zero-order valence-electron chi connectivity index (χ0n) is 24.0. The molecule has 0 unspecified atom stereocenters. The van der Waals surface area contributed by atoms with Crippen molar-refractivity contribution in [3.8, 4) is 0 Å². The first-order valence-electron chi connectivity index (χ1n) is 14.3. The Labute approximate surface area is 216 Å². The topological polar surface area (TPSA) is 61.8 Å². The lowest BCUT2D eigenvalue weighted by atomic mass is 9.60. The van der Waals surface area contributed by atoms with Crippen molar-refractivity contribution in [2.24, 2.45) is 23.2 Å². The first-order chi connectivity index (χ1) is 16.4. The van der Waals surface area contributed by atoms with Gasteiger partial charge in [0.25, 0.3) is 0 Å². The van der Waals surface area contributed by atoms with E-state index >= 15 is 0 Å². The molecule has 0 aromatic heterocycles. The number of rotatable bonds is 13. The maximum absolute atomic E-state index is 12.0. The van der Waals surface area contributed by atoms with Crippen molar-refractivity contribution in [3.05, 3.63) is 0 Å². The Morgan fingerprint density at radius 3 is 1.97 bits per heavy atom. The average Bonchev–Trinajstić information content (AvgIpc) is 3.10. The molecular formula is C29H54O5Si. The van der Waals surface area contributed by atoms with E-state index in [4.69, 9.17) is 13.9 Å². The van der Waals surface area contributed by atoms with Gasteiger partial charge >= 0.3 is 11.9 Å². The van der Waals surface area contributed by atoms with Gasteiger partial charge in [0.05, 0.1) is 13.2 Å². The summed E-state index contributed by atoms with van der Waals surface area (Å²) in [5.41, 5.74) is 0.282. The van der Waals surface area contributed by atoms with Crippen LogP contribution in [0.3, 0.4) is 0 Å². The van der Waals surface area contributed by atoms with Crippen LogP contribution >= 0.6 is 0 Å². The van der Waals surface area contributed by atoms with Crippen LogP contribution in [0.25, 0.3) is 0 Å². The van der Waals surface area contributed by atoms with Gasteiger partial charge in [-0.3, -0.25) is 9.59 Å². The van der Waals surface area contributed by atoms with Gasteiger partial charge in [-0.1, -0.05) is 34.1 Å². The normalized spacial score (nSPS) is 27.1. The molecule has 0 aromatic carbocycles. The van der Waals surface area contributed by atoms with Crippen molar-refractivity contribution in [2.75, 3.05) is 13.2 Å². The third-order valence-corrected chi connectivity index (χ3v) is 14.0. The van der Waals surface area contributed by atoms with Crippen molar-refractivity contribution in [2.45, 2.75) is 136 Å². The van der Waals surface area contributed by atoms with Gasteiger partial charge in [0.15, 0.2) is 8.32 Å². The number of carbonyl (C=O) groups is 2. The highest BCUT2D eigenvalue weighted by molar-refractivity contribution is 6.74. The van der Waals surface area contributed by atoms with Crippen molar-refractivity contribution in [3.63, 3.8) is 0 Å². The lowest BCUT2D eigenvalue weighted by molar-refractivity contribution is -0.144. The second-order valence-corrected chi connectivity index (χ2v) is 17.5. The number of hydrogen-bond acceptors (Lipinski definition) is 5. The third kappa shape index (κ3) is 8.05. The molecule has 0 bridgehead atoms. The molecule has 0 spiro atoms. The molecule has 0 aliphatic heterocycles. The molecule has 6 heteroatoms. The van der Waals surface area contributed by atoms with Gasteiger partial charge in [-0.2, -0.15) is 0 Å². The third-order valence-electron chi connectivity index (χ3n) is 9.48. The minimum absolute atomic E-state index is 0.0891. The summed E-state index contributed by atoms with van der Waals surface area (Å²) >= 11 is 0. The summed E-state index contributed by atoms with van der Waals surface area (Å²) < 4.78 is 17.4. The van der Waals surface area contributed by atoms with Crippen LogP contribution in [0, 0.1) is 23.2 Å². The molecule has 0 heterocycles. The molecule has 35 heavy (non-hydrogen) atoms. The maximum atomic E-state index is 12.0. The van der Waals surface area contributed by atoms with Crippen LogP contribution in [-0.2, 0) is 23.5 Å².